The first kappa shape index (κ1) is 31.3. The summed E-state index contributed by atoms with van der Waals surface area (Å²) in [5, 5.41) is 0.685. The maximum atomic E-state index is 6.28. The second-order valence-corrected chi connectivity index (χ2v) is 11.0. The van der Waals surface area contributed by atoms with E-state index in [1.54, 1.807) is 0 Å². The number of halogens is 3. The van der Waals surface area contributed by atoms with Gasteiger partial charge in [0.25, 0.3) is 0 Å². The van der Waals surface area contributed by atoms with Crippen molar-refractivity contribution in [1.82, 2.24) is 14.9 Å². The molecule has 1 saturated heterocycles. The molecule has 0 amide bonds. The molecule has 4 aromatic rings. The molecule has 0 radical (unpaired) electrons. The van der Waals surface area contributed by atoms with E-state index in [9.17, 15) is 0 Å². The average Bonchev–Trinajstić information content (AvgIpc) is 3.50. The van der Waals surface area contributed by atoms with E-state index in [0.717, 1.165) is 84.8 Å². The van der Waals surface area contributed by atoms with Crippen LogP contribution in [0.5, 0.6) is 5.75 Å². The lowest BCUT2D eigenvalue weighted by Gasteiger charge is -2.27. The molecule has 0 atom stereocenters. The molecule has 6 nitrogen and oxygen atoms in total. The zero-order chi connectivity index (χ0) is 25.8. The lowest BCUT2D eigenvalue weighted by molar-refractivity contribution is 0.0549. The number of ether oxygens (including phenoxy) is 2. The van der Waals surface area contributed by atoms with Crippen LogP contribution in [0.4, 0.5) is 0 Å². The summed E-state index contributed by atoms with van der Waals surface area (Å²) in [4.78, 5) is 10.6. The number of hydrogen-bond acceptors (Lipinski definition) is 5. The number of nitrogens with one attached hydrogen (secondary N) is 1. The molecule has 39 heavy (non-hydrogen) atoms. The van der Waals surface area contributed by atoms with Gasteiger partial charge in [-0.05, 0) is 79.8 Å². The Kier molecular flexibility index (Phi) is 11.6. The Hall–Kier alpha value is -2.22. The first-order chi connectivity index (χ1) is 17.9. The zero-order valence-corrected chi connectivity index (χ0v) is 25.1. The van der Waals surface area contributed by atoms with Crippen molar-refractivity contribution < 1.29 is 13.9 Å². The lowest BCUT2D eigenvalue weighted by atomic mass is 10.00. The SMILES string of the molecule is CC(C)COc1ccc(Cl)cc1Cc1ccc(-c2nc3cc(CN(C)CC4CCOCC4)ccc3[nH]2)o1.Cl.Cl. The molecule has 2 aromatic carbocycles. The number of nitrogens with zero attached hydrogens (tertiary/aromatic N) is 2. The number of fused-ring (bicyclic) bond motifs is 1. The number of aromatic nitrogens is 2. The Morgan fingerprint density at radius 3 is 2.64 bits per heavy atom. The van der Waals surface area contributed by atoms with Gasteiger partial charge in [0.1, 0.15) is 11.5 Å². The van der Waals surface area contributed by atoms with Gasteiger partial charge in [0.2, 0.25) is 0 Å². The van der Waals surface area contributed by atoms with Crippen molar-refractivity contribution >= 4 is 47.4 Å². The van der Waals surface area contributed by atoms with E-state index >= 15 is 0 Å². The van der Waals surface area contributed by atoms with Gasteiger partial charge in [-0.25, -0.2) is 4.98 Å². The van der Waals surface area contributed by atoms with Crippen molar-refractivity contribution in [3.63, 3.8) is 0 Å². The summed E-state index contributed by atoms with van der Waals surface area (Å²) < 4.78 is 17.7. The first-order valence-corrected chi connectivity index (χ1v) is 13.6. The van der Waals surface area contributed by atoms with E-state index in [-0.39, 0.29) is 24.8 Å². The summed E-state index contributed by atoms with van der Waals surface area (Å²) in [7, 11) is 2.19. The normalized spacial score (nSPS) is 14.0. The van der Waals surface area contributed by atoms with Crippen molar-refractivity contribution in [3.8, 4) is 17.3 Å². The largest absolute Gasteiger partial charge is 0.493 e. The van der Waals surface area contributed by atoms with Crippen molar-refractivity contribution in [2.75, 3.05) is 33.4 Å². The van der Waals surface area contributed by atoms with Crippen LogP contribution in [0, 0.1) is 11.8 Å². The molecule has 0 aliphatic carbocycles. The van der Waals surface area contributed by atoms with Gasteiger partial charge in [0.05, 0.1) is 17.6 Å². The molecule has 2 aromatic heterocycles. The second-order valence-electron chi connectivity index (χ2n) is 10.6. The molecule has 1 aliphatic heterocycles. The minimum Gasteiger partial charge on any atom is -0.493 e. The number of hydrogen-bond donors (Lipinski definition) is 1. The molecule has 212 valence electrons. The summed E-state index contributed by atoms with van der Waals surface area (Å²) in [6, 6.07) is 16.2. The minimum atomic E-state index is 0. The third kappa shape index (κ3) is 8.38. The van der Waals surface area contributed by atoms with Gasteiger partial charge in [-0.2, -0.15) is 0 Å². The van der Waals surface area contributed by atoms with E-state index in [2.05, 4.69) is 49.0 Å². The Labute approximate surface area is 248 Å². The molecular weight excluding hydrogens is 557 g/mol. The van der Waals surface area contributed by atoms with Gasteiger partial charge in [-0.1, -0.05) is 31.5 Å². The van der Waals surface area contributed by atoms with Gasteiger partial charge >= 0.3 is 0 Å². The molecule has 5 rings (SSSR count). The molecular formula is C30H38Cl3N3O3. The third-order valence-electron chi connectivity index (χ3n) is 6.77. The van der Waals surface area contributed by atoms with Gasteiger partial charge in [-0.3, -0.25) is 0 Å². The number of aromatic amines is 1. The Morgan fingerprint density at radius 1 is 1.08 bits per heavy atom. The standard InChI is InChI=1S/C30H36ClN3O3.2ClH/c1-20(2)19-36-28-8-5-24(31)15-23(28)16-25-6-9-29(37-25)30-32-26-7-4-22(14-27(26)33-30)18-34(3)17-21-10-12-35-13-11-21;;/h4-9,14-15,20-21H,10-13,16-19H2,1-3H3,(H,32,33);2*1H. The fourth-order valence-electron chi connectivity index (χ4n) is 4.88. The highest BCUT2D eigenvalue weighted by Gasteiger charge is 2.17. The molecule has 0 saturated carbocycles. The topological polar surface area (TPSA) is 63.5 Å². The smallest absolute Gasteiger partial charge is 0.174 e. The number of imidazole rings is 1. The van der Waals surface area contributed by atoms with Gasteiger partial charge in [-0.15, -0.1) is 24.8 Å². The number of furan rings is 1. The summed E-state index contributed by atoms with van der Waals surface area (Å²) in [6.45, 7) is 8.71. The molecule has 3 heterocycles. The van der Waals surface area contributed by atoms with Crippen LogP contribution < -0.4 is 4.74 Å². The predicted octanol–water partition coefficient (Wildman–Crippen LogP) is 7.80. The van der Waals surface area contributed by atoms with Gasteiger partial charge < -0.3 is 23.8 Å². The predicted molar refractivity (Wildman–Crippen MR) is 163 cm³/mol. The highest BCUT2D eigenvalue weighted by atomic mass is 35.5. The highest BCUT2D eigenvalue weighted by Crippen LogP contribution is 2.29. The molecule has 0 spiro atoms. The van der Waals surface area contributed by atoms with E-state index in [0.29, 0.717) is 24.0 Å². The van der Waals surface area contributed by atoms with Crippen LogP contribution in [0.25, 0.3) is 22.6 Å². The maximum absolute atomic E-state index is 6.28. The van der Waals surface area contributed by atoms with E-state index < -0.39 is 0 Å². The Morgan fingerprint density at radius 2 is 1.87 bits per heavy atom. The average molecular weight is 595 g/mol. The van der Waals surface area contributed by atoms with Crippen LogP contribution in [0.3, 0.4) is 0 Å². The maximum Gasteiger partial charge on any atom is 0.174 e. The van der Waals surface area contributed by atoms with Gasteiger partial charge in [0.15, 0.2) is 11.6 Å². The van der Waals surface area contributed by atoms with Crippen LogP contribution in [0.15, 0.2) is 52.9 Å². The molecule has 1 fully saturated rings. The van der Waals surface area contributed by atoms with Crippen LogP contribution in [-0.2, 0) is 17.7 Å². The molecule has 0 bridgehead atoms. The number of H-pyrrole nitrogens is 1. The molecule has 9 heteroatoms. The second kappa shape index (κ2) is 14.4. The van der Waals surface area contributed by atoms with Crippen LogP contribution in [-0.4, -0.2) is 48.3 Å². The van der Waals surface area contributed by atoms with E-state index in [1.807, 2.05) is 30.3 Å². The summed E-state index contributed by atoms with van der Waals surface area (Å²) in [6.07, 6.45) is 2.90. The van der Waals surface area contributed by atoms with Crippen molar-refractivity contribution in [2.24, 2.45) is 11.8 Å². The quantitative estimate of drug-likeness (QED) is 0.203. The van der Waals surface area contributed by atoms with Crippen molar-refractivity contribution in [2.45, 2.75) is 39.7 Å². The Bertz CT molecular complexity index is 1330. The highest BCUT2D eigenvalue weighted by molar-refractivity contribution is 6.30. The fraction of sp³-hybridized carbons (Fsp3) is 0.433. The van der Waals surface area contributed by atoms with Crippen molar-refractivity contribution in [3.05, 3.63) is 70.4 Å². The molecule has 1 aliphatic rings. The van der Waals surface area contributed by atoms with E-state index in [4.69, 9.17) is 30.5 Å². The zero-order valence-electron chi connectivity index (χ0n) is 22.7. The lowest BCUT2D eigenvalue weighted by Crippen LogP contribution is -2.29. The van der Waals surface area contributed by atoms with E-state index in [1.165, 1.54) is 5.56 Å². The van der Waals surface area contributed by atoms with Gasteiger partial charge in [0, 0.05) is 43.3 Å². The van der Waals surface area contributed by atoms with Crippen LogP contribution >= 0.6 is 36.4 Å². The minimum absolute atomic E-state index is 0. The molecule has 1 N–H and O–H groups in total. The summed E-state index contributed by atoms with van der Waals surface area (Å²) >= 11 is 6.28. The number of rotatable bonds is 10. The van der Waals surface area contributed by atoms with Crippen molar-refractivity contribution in [1.29, 1.82) is 0 Å². The number of benzene rings is 2. The van der Waals surface area contributed by atoms with Crippen LogP contribution in [0.2, 0.25) is 5.02 Å². The Balaban J connectivity index is 0.00000210. The third-order valence-corrected chi connectivity index (χ3v) is 7.00. The summed E-state index contributed by atoms with van der Waals surface area (Å²) in [5.41, 5.74) is 4.22. The first-order valence-electron chi connectivity index (χ1n) is 13.2. The fourth-order valence-corrected chi connectivity index (χ4v) is 5.08. The molecule has 0 unspecified atom stereocenters. The summed E-state index contributed by atoms with van der Waals surface area (Å²) in [5.74, 6) is 4.29. The monoisotopic (exact) mass is 593 g/mol. The van der Waals surface area contributed by atoms with Crippen LogP contribution in [0.1, 0.15) is 43.6 Å².